The fourth-order valence-corrected chi connectivity index (χ4v) is 2.78. The van der Waals surface area contributed by atoms with Gasteiger partial charge in [0.1, 0.15) is 11.3 Å². The van der Waals surface area contributed by atoms with Gasteiger partial charge in [-0.1, -0.05) is 0 Å². The number of carbonyl (C=O) groups is 1. The molecule has 2 aromatic heterocycles. The molecule has 144 valence electrons. The summed E-state index contributed by atoms with van der Waals surface area (Å²) in [6, 6.07) is 8.84. The molecule has 0 saturated heterocycles. The number of rotatable bonds is 4. The van der Waals surface area contributed by atoms with E-state index in [-0.39, 0.29) is 17.4 Å². The Labute approximate surface area is 155 Å². The van der Waals surface area contributed by atoms with E-state index >= 15 is 0 Å². The quantitative estimate of drug-likeness (QED) is 0.515. The van der Waals surface area contributed by atoms with Crippen LogP contribution in [0.3, 0.4) is 0 Å². The summed E-state index contributed by atoms with van der Waals surface area (Å²) in [4.78, 5) is 20.1. The predicted octanol–water partition coefficient (Wildman–Crippen LogP) is 4.56. The van der Waals surface area contributed by atoms with E-state index in [0.29, 0.717) is 22.5 Å². The second-order valence-corrected chi connectivity index (χ2v) is 6.08. The van der Waals surface area contributed by atoms with Crippen LogP contribution in [0.2, 0.25) is 0 Å². The standard InChI is InChI=1S/C18H13F3N4O3/c1-9(26)10-3-6-14-13(7-10)22-16(25(14)2)24-17-23-12-5-4-11(8-15(12)27-17)28-18(19,20)21/h3-8H,1-2H3,(H,22,23,24). The molecule has 2 aromatic carbocycles. The van der Waals surface area contributed by atoms with Crippen LogP contribution in [0, 0.1) is 0 Å². The molecule has 0 radical (unpaired) electrons. The molecule has 10 heteroatoms. The highest BCUT2D eigenvalue weighted by atomic mass is 19.4. The highest BCUT2D eigenvalue weighted by molar-refractivity contribution is 5.97. The average Bonchev–Trinajstić information content (AvgIpc) is 3.13. The molecule has 0 unspecified atom stereocenters. The molecule has 4 aromatic rings. The molecule has 1 N–H and O–H groups in total. The van der Waals surface area contributed by atoms with Gasteiger partial charge in [0, 0.05) is 18.7 Å². The number of imidazole rings is 1. The summed E-state index contributed by atoms with van der Waals surface area (Å²) in [6.45, 7) is 1.47. The second kappa shape index (κ2) is 6.25. The summed E-state index contributed by atoms with van der Waals surface area (Å²) in [7, 11) is 1.77. The monoisotopic (exact) mass is 390 g/mol. The lowest BCUT2D eigenvalue weighted by atomic mass is 10.1. The normalized spacial score (nSPS) is 11.9. The Bertz CT molecular complexity index is 1210. The second-order valence-electron chi connectivity index (χ2n) is 6.08. The van der Waals surface area contributed by atoms with Crippen LogP contribution >= 0.6 is 0 Å². The SMILES string of the molecule is CC(=O)c1ccc2c(c1)nc(Nc1nc3ccc(OC(F)(F)F)cc3o1)n2C. The summed E-state index contributed by atoms with van der Waals surface area (Å²) in [5.41, 5.74) is 2.41. The van der Waals surface area contributed by atoms with E-state index in [0.717, 1.165) is 17.6 Å². The summed E-state index contributed by atoms with van der Waals surface area (Å²) in [6.07, 6.45) is -4.79. The van der Waals surface area contributed by atoms with Gasteiger partial charge in [-0.2, -0.15) is 4.98 Å². The highest BCUT2D eigenvalue weighted by Crippen LogP contribution is 2.29. The van der Waals surface area contributed by atoms with E-state index in [1.54, 1.807) is 29.8 Å². The minimum Gasteiger partial charge on any atom is -0.423 e. The zero-order chi connectivity index (χ0) is 20.1. The van der Waals surface area contributed by atoms with Crippen molar-refractivity contribution in [1.82, 2.24) is 14.5 Å². The molecule has 0 amide bonds. The van der Waals surface area contributed by atoms with Gasteiger partial charge in [-0.25, -0.2) is 4.98 Å². The van der Waals surface area contributed by atoms with Gasteiger partial charge in [0.25, 0.3) is 0 Å². The third kappa shape index (κ3) is 3.36. The number of aryl methyl sites for hydroxylation is 1. The smallest absolute Gasteiger partial charge is 0.423 e. The van der Waals surface area contributed by atoms with E-state index in [2.05, 4.69) is 20.0 Å². The van der Waals surface area contributed by atoms with Gasteiger partial charge in [0.2, 0.25) is 5.95 Å². The predicted molar refractivity (Wildman–Crippen MR) is 94.7 cm³/mol. The summed E-state index contributed by atoms with van der Waals surface area (Å²) in [5.74, 6) is -0.0749. The van der Waals surface area contributed by atoms with Gasteiger partial charge < -0.3 is 13.7 Å². The fraction of sp³-hybridized carbons (Fsp3) is 0.167. The molecule has 0 aliphatic rings. The minimum absolute atomic E-state index is 0.0596. The van der Waals surface area contributed by atoms with Gasteiger partial charge in [-0.15, -0.1) is 13.2 Å². The largest absolute Gasteiger partial charge is 0.573 e. The molecule has 0 spiro atoms. The number of ether oxygens (including phenoxy) is 1. The van der Waals surface area contributed by atoms with Crippen molar-refractivity contribution >= 4 is 39.9 Å². The third-order valence-electron chi connectivity index (χ3n) is 4.10. The Kier molecular flexibility index (Phi) is 3.98. The molecule has 28 heavy (non-hydrogen) atoms. The molecule has 2 heterocycles. The number of aromatic nitrogens is 3. The van der Waals surface area contributed by atoms with Crippen molar-refractivity contribution < 1.29 is 27.1 Å². The lowest BCUT2D eigenvalue weighted by molar-refractivity contribution is -0.274. The topological polar surface area (TPSA) is 82.2 Å². The Balaban J connectivity index is 1.66. The van der Waals surface area contributed by atoms with Crippen molar-refractivity contribution in [2.24, 2.45) is 7.05 Å². The van der Waals surface area contributed by atoms with E-state index in [1.807, 2.05) is 0 Å². The maximum atomic E-state index is 12.3. The van der Waals surface area contributed by atoms with E-state index in [9.17, 15) is 18.0 Å². The number of hydrogen-bond donors (Lipinski definition) is 1. The number of oxazole rings is 1. The van der Waals surface area contributed by atoms with Gasteiger partial charge >= 0.3 is 12.4 Å². The number of halogens is 3. The number of nitrogens with one attached hydrogen (secondary N) is 1. The average molecular weight is 390 g/mol. The van der Waals surface area contributed by atoms with Crippen LogP contribution in [0.25, 0.3) is 22.1 Å². The van der Waals surface area contributed by atoms with Gasteiger partial charge in [-0.3, -0.25) is 10.1 Å². The van der Waals surface area contributed by atoms with Crippen LogP contribution in [0.15, 0.2) is 40.8 Å². The van der Waals surface area contributed by atoms with Crippen LogP contribution in [0.1, 0.15) is 17.3 Å². The molecule has 0 bridgehead atoms. The molecular formula is C18H13F3N4O3. The number of hydrogen-bond acceptors (Lipinski definition) is 6. The number of fused-ring (bicyclic) bond motifs is 2. The van der Waals surface area contributed by atoms with Crippen molar-refractivity contribution in [2.45, 2.75) is 13.3 Å². The van der Waals surface area contributed by atoms with Crippen molar-refractivity contribution in [3.63, 3.8) is 0 Å². The lowest BCUT2D eigenvalue weighted by Crippen LogP contribution is -2.16. The lowest BCUT2D eigenvalue weighted by Gasteiger charge is -2.07. The van der Waals surface area contributed by atoms with Crippen LogP contribution in [0.5, 0.6) is 5.75 Å². The van der Waals surface area contributed by atoms with Crippen LogP contribution < -0.4 is 10.1 Å². The number of alkyl halides is 3. The maximum Gasteiger partial charge on any atom is 0.573 e. The summed E-state index contributed by atoms with van der Waals surface area (Å²) < 4.78 is 48.1. The first kappa shape index (κ1) is 17.8. The molecule has 0 aliphatic carbocycles. The van der Waals surface area contributed by atoms with Gasteiger partial charge in [0.15, 0.2) is 11.4 Å². The van der Waals surface area contributed by atoms with Crippen molar-refractivity contribution in [1.29, 1.82) is 0 Å². The molecule has 4 rings (SSSR count). The Morgan fingerprint density at radius 3 is 2.64 bits per heavy atom. The fourth-order valence-electron chi connectivity index (χ4n) is 2.78. The zero-order valence-corrected chi connectivity index (χ0v) is 14.7. The van der Waals surface area contributed by atoms with E-state index < -0.39 is 12.1 Å². The first-order valence-electron chi connectivity index (χ1n) is 8.10. The minimum atomic E-state index is -4.79. The zero-order valence-electron chi connectivity index (χ0n) is 14.7. The summed E-state index contributed by atoms with van der Waals surface area (Å²) in [5, 5.41) is 2.89. The van der Waals surface area contributed by atoms with Crippen molar-refractivity contribution in [3.8, 4) is 5.75 Å². The Morgan fingerprint density at radius 2 is 1.93 bits per heavy atom. The molecule has 0 fully saturated rings. The Morgan fingerprint density at radius 1 is 1.14 bits per heavy atom. The van der Waals surface area contributed by atoms with Crippen LogP contribution in [0.4, 0.5) is 25.1 Å². The number of anilines is 2. The number of carbonyl (C=O) groups excluding carboxylic acids is 1. The molecule has 0 atom stereocenters. The molecule has 7 nitrogen and oxygen atoms in total. The van der Waals surface area contributed by atoms with Crippen molar-refractivity contribution in [3.05, 3.63) is 42.0 Å². The highest BCUT2D eigenvalue weighted by Gasteiger charge is 2.31. The Hall–Kier alpha value is -3.56. The number of Topliss-reactive ketones (excluding diaryl/α,β-unsaturated/α-hetero) is 1. The van der Waals surface area contributed by atoms with Gasteiger partial charge in [-0.05, 0) is 37.3 Å². The maximum absolute atomic E-state index is 12.3. The van der Waals surface area contributed by atoms with E-state index in [4.69, 9.17) is 4.42 Å². The first-order valence-corrected chi connectivity index (χ1v) is 8.10. The van der Waals surface area contributed by atoms with E-state index in [1.165, 1.54) is 13.0 Å². The van der Waals surface area contributed by atoms with Crippen LogP contribution in [-0.4, -0.2) is 26.7 Å². The summed E-state index contributed by atoms with van der Waals surface area (Å²) >= 11 is 0. The third-order valence-corrected chi connectivity index (χ3v) is 4.10. The number of nitrogens with zero attached hydrogens (tertiary/aromatic N) is 3. The first-order chi connectivity index (χ1) is 13.2. The molecular weight excluding hydrogens is 377 g/mol. The molecule has 0 saturated carbocycles. The molecule has 0 aliphatic heterocycles. The number of benzene rings is 2. The van der Waals surface area contributed by atoms with Gasteiger partial charge in [0.05, 0.1) is 11.0 Å². The van der Waals surface area contributed by atoms with Crippen LogP contribution in [-0.2, 0) is 7.05 Å². The van der Waals surface area contributed by atoms with Crippen molar-refractivity contribution in [2.75, 3.05) is 5.32 Å². The number of ketones is 1.